The number of allylic oxidation sites excluding steroid dienone is 2. The number of hydrogen-bond acceptors (Lipinski definition) is 12. The summed E-state index contributed by atoms with van der Waals surface area (Å²) < 4.78 is 32.2. The van der Waals surface area contributed by atoms with E-state index in [2.05, 4.69) is 9.80 Å². The van der Waals surface area contributed by atoms with Crippen LogP contribution in [0.3, 0.4) is 0 Å². The zero-order valence-corrected chi connectivity index (χ0v) is 31.4. The Hall–Kier alpha value is -5.98. The van der Waals surface area contributed by atoms with Gasteiger partial charge in [-0.05, 0) is 71.8 Å². The SMILES string of the molecule is COc1ccc(/C=C/C(=O)c2cc(CN3CCN(Cc4cc(C(=O)/C=C/c5ccc(OC)c(OC)c5)cc(OC)c4O)CC3)c(O)c(OC)c2)cc1OC. The number of ketones is 2. The van der Waals surface area contributed by atoms with E-state index < -0.39 is 0 Å². The van der Waals surface area contributed by atoms with Crippen LogP contribution in [0, 0.1) is 0 Å². The maximum atomic E-state index is 13.3. The van der Waals surface area contributed by atoms with E-state index >= 15 is 0 Å². The maximum Gasteiger partial charge on any atom is 0.186 e. The van der Waals surface area contributed by atoms with Crippen molar-refractivity contribution < 1.29 is 48.2 Å². The molecule has 2 N–H and O–H groups in total. The lowest BCUT2D eigenvalue weighted by Gasteiger charge is -2.35. The molecule has 4 aromatic rings. The summed E-state index contributed by atoms with van der Waals surface area (Å²) >= 11 is 0. The lowest BCUT2D eigenvalue weighted by molar-refractivity contribution is 0.103. The molecular weight excluding hydrogens is 692 g/mol. The van der Waals surface area contributed by atoms with Gasteiger partial charge in [0.05, 0.1) is 42.7 Å². The number of hydrogen-bond donors (Lipinski definition) is 2. The highest BCUT2D eigenvalue weighted by atomic mass is 16.5. The summed E-state index contributed by atoms with van der Waals surface area (Å²) in [5, 5.41) is 22.0. The Morgan fingerprint density at radius 2 is 0.870 bits per heavy atom. The summed E-state index contributed by atoms with van der Waals surface area (Å²) in [5.41, 5.74) is 3.43. The second-order valence-corrected chi connectivity index (χ2v) is 12.5. The summed E-state index contributed by atoms with van der Waals surface area (Å²) in [7, 11) is 9.12. The number of phenols is 2. The zero-order valence-electron chi connectivity index (χ0n) is 31.4. The van der Waals surface area contributed by atoms with E-state index in [1.807, 2.05) is 12.1 Å². The van der Waals surface area contributed by atoms with Crippen molar-refractivity contribution in [2.75, 3.05) is 68.8 Å². The van der Waals surface area contributed by atoms with Gasteiger partial charge in [0.1, 0.15) is 0 Å². The van der Waals surface area contributed by atoms with Crippen LogP contribution in [0.15, 0.2) is 72.8 Å². The Morgan fingerprint density at radius 1 is 0.519 bits per heavy atom. The number of benzene rings is 4. The maximum absolute atomic E-state index is 13.3. The largest absolute Gasteiger partial charge is 0.504 e. The lowest BCUT2D eigenvalue weighted by atomic mass is 10.0. The molecule has 0 unspecified atom stereocenters. The van der Waals surface area contributed by atoms with Crippen molar-refractivity contribution in [3.05, 3.63) is 106 Å². The van der Waals surface area contributed by atoms with Gasteiger partial charge in [-0.15, -0.1) is 0 Å². The number of phenolic OH excluding ortho intramolecular Hbond substituents is 2. The van der Waals surface area contributed by atoms with E-state index in [9.17, 15) is 19.8 Å². The van der Waals surface area contributed by atoms with Crippen LogP contribution < -0.4 is 28.4 Å². The average Bonchev–Trinajstić information content (AvgIpc) is 3.20. The second kappa shape index (κ2) is 18.2. The number of carbonyl (C=O) groups is 2. The minimum absolute atomic E-state index is 0.0148. The molecule has 12 heteroatoms. The van der Waals surface area contributed by atoms with Crippen molar-refractivity contribution in [3.8, 4) is 46.0 Å². The van der Waals surface area contributed by atoms with Crippen molar-refractivity contribution >= 4 is 23.7 Å². The molecule has 4 aromatic carbocycles. The summed E-state index contributed by atoms with van der Waals surface area (Å²) in [4.78, 5) is 30.9. The van der Waals surface area contributed by atoms with Crippen LogP contribution in [-0.4, -0.2) is 100 Å². The fourth-order valence-electron chi connectivity index (χ4n) is 6.20. The topological polar surface area (TPSA) is 136 Å². The minimum Gasteiger partial charge on any atom is -0.504 e. The number of rotatable bonds is 16. The molecule has 0 aliphatic carbocycles. The van der Waals surface area contributed by atoms with E-state index in [-0.39, 0.29) is 34.6 Å². The molecule has 0 bridgehead atoms. The van der Waals surface area contributed by atoms with Crippen LogP contribution in [0.2, 0.25) is 0 Å². The van der Waals surface area contributed by atoms with Crippen LogP contribution in [-0.2, 0) is 13.1 Å². The first-order valence-corrected chi connectivity index (χ1v) is 17.2. The average molecular weight is 739 g/mol. The summed E-state index contributed by atoms with van der Waals surface area (Å²) in [6.45, 7) is 3.42. The Labute approximate surface area is 315 Å². The Kier molecular flexibility index (Phi) is 13.2. The van der Waals surface area contributed by atoms with Crippen molar-refractivity contribution in [1.82, 2.24) is 9.80 Å². The van der Waals surface area contributed by atoms with Gasteiger partial charge in [0, 0.05) is 61.5 Å². The van der Waals surface area contributed by atoms with Crippen LogP contribution in [0.5, 0.6) is 46.0 Å². The highest BCUT2D eigenvalue weighted by Crippen LogP contribution is 2.35. The number of aromatic hydroxyl groups is 2. The minimum atomic E-state index is -0.249. The molecule has 0 amide bonds. The van der Waals surface area contributed by atoms with E-state index in [4.69, 9.17) is 28.4 Å². The predicted molar refractivity (Wildman–Crippen MR) is 206 cm³/mol. The third-order valence-corrected chi connectivity index (χ3v) is 9.24. The highest BCUT2D eigenvalue weighted by Gasteiger charge is 2.23. The molecule has 54 heavy (non-hydrogen) atoms. The fourth-order valence-corrected chi connectivity index (χ4v) is 6.20. The van der Waals surface area contributed by atoms with Gasteiger partial charge in [-0.3, -0.25) is 19.4 Å². The molecule has 1 aliphatic heterocycles. The standard InChI is InChI=1S/C42H46N2O10/c1-49-35-13-9-27(19-37(35)51-3)7-11-33(45)29-21-31(41(47)39(23-29)53-5)25-43-15-17-44(18-16-43)26-32-22-30(24-40(54-6)42(32)48)34(46)12-8-28-10-14-36(50-2)38(20-28)52-4/h7-14,19-24,47-48H,15-18,25-26H2,1-6H3/b11-7+,12-8+. The molecule has 0 radical (unpaired) electrons. The third kappa shape index (κ3) is 9.32. The van der Waals surface area contributed by atoms with E-state index in [1.54, 1.807) is 77.0 Å². The lowest BCUT2D eigenvalue weighted by Crippen LogP contribution is -2.45. The first kappa shape index (κ1) is 39.2. The van der Waals surface area contributed by atoms with Crippen LogP contribution in [0.1, 0.15) is 43.0 Å². The normalized spacial score (nSPS) is 13.6. The quantitative estimate of drug-likeness (QED) is 0.0992. The fraction of sp³-hybridized carbons (Fsp3) is 0.286. The molecule has 1 aliphatic rings. The zero-order chi connectivity index (χ0) is 38.8. The summed E-state index contributed by atoms with van der Waals surface area (Å²) in [6, 6.07) is 17.2. The molecule has 1 saturated heterocycles. The second-order valence-electron chi connectivity index (χ2n) is 12.5. The highest BCUT2D eigenvalue weighted by molar-refractivity contribution is 6.08. The van der Waals surface area contributed by atoms with Crippen LogP contribution >= 0.6 is 0 Å². The molecule has 0 aromatic heterocycles. The van der Waals surface area contributed by atoms with Crippen molar-refractivity contribution in [2.45, 2.75) is 13.1 Å². The van der Waals surface area contributed by atoms with E-state index in [1.165, 1.54) is 38.5 Å². The van der Waals surface area contributed by atoms with Gasteiger partial charge < -0.3 is 38.6 Å². The van der Waals surface area contributed by atoms with Crippen LogP contribution in [0.4, 0.5) is 0 Å². The number of ether oxygens (including phenoxy) is 6. The first-order chi connectivity index (χ1) is 26.1. The van der Waals surface area contributed by atoms with Gasteiger partial charge in [-0.1, -0.05) is 24.3 Å². The van der Waals surface area contributed by atoms with E-state index in [0.717, 1.165) is 11.1 Å². The van der Waals surface area contributed by atoms with Crippen LogP contribution in [0.25, 0.3) is 12.2 Å². The molecule has 284 valence electrons. The number of methoxy groups -OCH3 is 6. The van der Waals surface area contributed by atoms with Gasteiger partial charge >= 0.3 is 0 Å². The van der Waals surface area contributed by atoms with Gasteiger partial charge in [0.15, 0.2) is 57.6 Å². The monoisotopic (exact) mass is 738 g/mol. The van der Waals surface area contributed by atoms with Crippen molar-refractivity contribution in [2.24, 2.45) is 0 Å². The predicted octanol–water partition coefficient (Wildman–Crippen LogP) is 6.26. The van der Waals surface area contributed by atoms with Gasteiger partial charge in [0.2, 0.25) is 0 Å². The van der Waals surface area contributed by atoms with Crippen molar-refractivity contribution in [3.63, 3.8) is 0 Å². The molecule has 1 heterocycles. The van der Waals surface area contributed by atoms with Gasteiger partial charge in [-0.2, -0.15) is 0 Å². The molecule has 0 spiro atoms. The summed E-state index contributed by atoms with van der Waals surface area (Å²) in [6.07, 6.45) is 6.32. The Bertz CT molecular complexity index is 1890. The van der Waals surface area contributed by atoms with Crippen molar-refractivity contribution in [1.29, 1.82) is 0 Å². The molecule has 0 saturated carbocycles. The van der Waals surface area contributed by atoms with Gasteiger partial charge in [-0.25, -0.2) is 0 Å². The molecule has 5 rings (SSSR count). The molecule has 1 fully saturated rings. The third-order valence-electron chi connectivity index (χ3n) is 9.24. The number of piperazine rings is 1. The number of carbonyl (C=O) groups excluding carboxylic acids is 2. The van der Waals surface area contributed by atoms with E-state index in [0.29, 0.717) is 84.5 Å². The number of nitrogens with zero attached hydrogens (tertiary/aromatic N) is 2. The first-order valence-electron chi connectivity index (χ1n) is 17.2. The smallest absolute Gasteiger partial charge is 0.186 e. The van der Waals surface area contributed by atoms with Gasteiger partial charge in [0.25, 0.3) is 0 Å². The molecular formula is C42H46N2O10. The molecule has 12 nitrogen and oxygen atoms in total. The summed E-state index contributed by atoms with van der Waals surface area (Å²) in [5.74, 6) is 2.19. The molecule has 0 atom stereocenters. The Balaban J connectivity index is 1.24. The Morgan fingerprint density at radius 3 is 1.20 bits per heavy atom.